The first-order valence-electron chi connectivity index (χ1n) is 7.89. The summed E-state index contributed by atoms with van der Waals surface area (Å²) in [5.41, 5.74) is 1.33. The first kappa shape index (κ1) is 14.7. The average Bonchev–Trinajstić information content (AvgIpc) is 3.24. The van der Waals surface area contributed by atoms with Gasteiger partial charge in [0, 0.05) is 28.0 Å². The number of benzene rings is 1. The van der Waals surface area contributed by atoms with E-state index in [9.17, 15) is 0 Å². The molecule has 0 spiro atoms. The molecule has 1 N–H and O–H groups in total. The highest BCUT2D eigenvalue weighted by atomic mass is 35.5. The molecule has 2 aliphatic carbocycles. The summed E-state index contributed by atoms with van der Waals surface area (Å²) in [6.07, 6.45) is 10.3. The third kappa shape index (κ3) is 3.16. The van der Waals surface area contributed by atoms with Crippen LogP contribution in [0, 0.1) is 0 Å². The molecule has 1 aromatic carbocycles. The zero-order valence-electron chi connectivity index (χ0n) is 11.9. The van der Waals surface area contributed by atoms with Crippen molar-refractivity contribution < 1.29 is 0 Å². The van der Waals surface area contributed by atoms with Gasteiger partial charge in [-0.15, -0.1) is 0 Å². The topological polar surface area (TPSA) is 12.0 Å². The van der Waals surface area contributed by atoms with Crippen LogP contribution in [0.3, 0.4) is 0 Å². The molecule has 3 rings (SSSR count). The summed E-state index contributed by atoms with van der Waals surface area (Å²) in [7, 11) is 0. The number of hydrogen-bond donors (Lipinski definition) is 1. The summed E-state index contributed by atoms with van der Waals surface area (Å²) in [5, 5.41) is 5.42. The van der Waals surface area contributed by atoms with Crippen molar-refractivity contribution >= 4 is 23.2 Å². The molecule has 0 aromatic heterocycles. The molecular formula is C17H23Cl2N. The van der Waals surface area contributed by atoms with Crippen molar-refractivity contribution in [1.82, 2.24) is 5.32 Å². The molecule has 0 atom stereocenters. The molecule has 1 aromatic rings. The second-order valence-electron chi connectivity index (χ2n) is 6.45. The number of rotatable bonds is 4. The van der Waals surface area contributed by atoms with Crippen LogP contribution in [0.25, 0.3) is 0 Å². The van der Waals surface area contributed by atoms with E-state index in [0.29, 0.717) is 0 Å². The summed E-state index contributed by atoms with van der Waals surface area (Å²) < 4.78 is 0. The lowest BCUT2D eigenvalue weighted by Crippen LogP contribution is -2.39. The van der Waals surface area contributed by atoms with E-state index in [0.717, 1.165) is 22.6 Å². The molecule has 0 saturated heterocycles. The Morgan fingerprint density at radius 1 is 1.00 bits per heavy atom. The maximum absolute atomic E-state index is 6.52. The van der Waals surface area contributed by atoms with Crippen LogP contribution in [0.5, 0.6) is 0 Å². The maximum atomic E-state index is 6.52. The third-order valence-electron chi connectivity index (χ3n) is 4.86. The molecule has 20 heavy (non-hydrogen) atoms. The fourth-order valence-corrected chi connectivity index (χ4v) is 4.35. The van der Waals surface area contributed by atoms with E-state index < -0.39 is 0 Å². The fourth-order valence-electron chi connectivity index (χ4n) is 3.55. The van der Waals surface area contributed by atoms with Gasteiger partial charge in [-0.3, -0.25) is 0 Å². The molecule has 0 aliphatic heterocycles. The van der Waals surface area contributed by atoms with Gasteiger partial charge in [0.25, 0.3) is 0 Å². The first-order valence-corrected chi connectivity index (χ1v) is 8.65. The molecule has 3 heteroatoms. The molecule has 0 unspecified atom stereocenters. The number of nitrogens with one attached hydrogen (secondary N) is 1. The van der Waals surface area contributed by atoms with Gasteiger partial charge in [-0.25, -0.2) is 0 Å². The smallest absolute Gasteiger partial charge is 0.0459 e. The zero-order valence-corrected chi connectivity index (χ0v) is 13.4. The van der Waals surface area contributed by atoms with E-state index in [1.807, 2.05) is 18.2 Å². The lowest BCUT2D eigenvalue weighted by Gasteiger charge is -2.35. The second-order valence-corrected chi connectivity index (χ2v) is 7.26. The van der Waals surface area contributed by atoms with Crippen molar-refractivity contribution in [3.63, 3.8) is 0 Å². The van der Waals surface area contributed by atoms with Gasteiger partial charge in [-0.05, 0) is 43.4 Å². The molecular weight excluding hydrogens is 289 g/mol. The Bertz CT molecular complexity index is 440. The fraction of sp³-hybridized carbons (Fsp3) is 0.647. The Morgan fingerprint density at radius 2 is 1.60 bits per heavy atom. The average molecular weight is 312 g/mol. The van der Waals surface area contributed by atoms with Gasteiger partial charge in [0.05, 0.1) is 0 Å². The minimum absolute atomic E-state index is 0.133. The van der Waals surface area contributed by atoms with Crippen molar-refractivity contribution in [1.29, 1.82) is 0 Å². The van der Waals surface area contributed by atoms with Gasteiger partial charge >= 0.3 is 0 Å². The van der Waals surface area contributed by atoms with Gasteiger partial charge in [0.15, 0.2) is 0 Å². The standard InChI is InChI=1S/C17H23Cl2N/c18-14-6-5-7-15(19)16(14)17(12-20-13-8-9-13)10-3-1-2-4-11-17/h5-7,13,20H,1-4,8-12H2. The predicted octanol–water partition coefficient (Wildman–Crippen LogP) is 5.34. The van der Waals surface area contributed by atoms with Gasteiger partial charge in [-0.1, -0.05) is 55.0 Å². The van der Waals surface area contributed by atoms with Crippen LogP contribution >= 0.6 is 23.2 Å². The van der Waals surface area contributed by atoms with Crippen LogP contribution in [0.15, 0.2) is 18.2 Å². The molecule has 0 radical (unpaired) electrons. The molecule has 2 fully saturated rings. The van der Waals surface area contributed by atoms with Gasteiger partial charge < -0.3 is 5.32 Å². The van der Waals surface area contributed by atoms with Crippen LogP contribution in [-0.2, 0) is 5.41 Å². The van der Waals surface area contributed by atoms with Crippen LogP contribution in [-0.4, -0.2) is 12.6 Å². The molecule has 0 heterocycles. The molecule has 1 nitrogen and oxygen atoms in total. The van der Waals surface area contributed by atoms with Gasteiger partial charge in [0.1, 0.15) is 0 Å². The number of halogens is 2. The molecule has 2 saturated carbocycles. The van der Waals surface area contributed by atoms with Crippen LogP contribution in [0.4, 0.5) is 0 Å². The van der Waals surface area contributed by atoms with Crippen molar-refractivity contribution in [2.45, 2.75) is 62.8 Å². The summed E-state index contributed by atoms with van der Waals surface area (Å²) in [4.78, 5) is 0. The van der Waals surface area contributed by atoms with Crippen molar-refractivity contribution in [3.8, 4) is 0 Å². The number of hydrogen-bond acceptors (Lipinski definition) is 1. The van der Waals surface area contributed by atoms with Gasteiger partial charge in [-0.2, -0.15) is 0 Å². The minimum Gasteiger partial charge on any atom is -0.313 e. The molecule has 0 bridgehead atoms. The van der Waals surface area contributed by atoms with E-state index in [4.69, 9.17) is 23.2 Å². The summed E-state index contributed by atoms with van der Waals surface area (Å²) >= 11 is 13.0. The van der Waals surface area contributed by atoms with E-state index in [2.05, 4.69) is 5.32 Å². The zero-order chi connectivity index (χ0) is 14.0. The Morgan fingerprint density at radius 3 is 2.15 bits per heavy atom. The summed E-state index contributed by atoms with van der Waals surface area (Å²) in [6.45, 7) is 1.03. The first-order chi connectivity index (χ1) is 9.71. The highest BCUT2D eigenvalue weighted by Gasteiger charge is 2.37. The van der Waals surface area contributed by atoms with E-state index in [1.54, 1.807) is 0 Å². The summed E-state index contributed by atoms with van der Waals surface area (Å²) in [6, 6.07) is 6.67. The lowest BCUT2D eigenvalue weighted by atomic mass is 9.74. The third-order valence-corrected chi connectivity index (χ3v) is 5.49. The highest BCUT2D eigenvalue weighted by Crippen LogP contribution is 2.44. The Balaban J connectivity index is 1.93. The SMILES string of the molecule is Clc1cccc(Cl)c1C1(CNC2CC2)CCCCCC1. The van der Waals surface area contributed by atoms with Crippen molar-refractivity contribution in [2.24, 2.45) is 0 Å². The highest BCUT2D eigenvalue weighted by molar-refractivity contribution is 6.36. The second kappa shape index (κ2) is 6.25. The Kier molecular flexibility index (Phi) is 4.59. The van der Waals surface area contributed by atoms with Crippen molar-refractivity contribution in [2.75, 3.05) is 6.54 Å². The normalized spacial score (nSPS) is 22.5. The maximum Gasteiger partial charge on any atom is 0.0459 e. The quantitative estimate of drug-likeness (QED) is 0.740. The Labute approximate surface area is 132 Å². The van der Waals surface area contributed by atoms with E-state index in [-0.39, 0.29) is 5.41 Å². The minimum atomic E-state index is 0.133. The predicted molar refractivity (Wildman–Crippen MR) is 86.9 cm³/mol. The van der Waals surface area contributed by atoms with E-state index >= 15 is 0 Å². The van der Waals surface area contributed by atoms with Gasteiger partial charge in [0.2, 0.25) is 0 Å². The van der Waals surface area contributed by atoms with Crippen LogP contribution in [0.2, 0.25) is 10.0 Å². The Hall–Kier alpha value is -0.240. The van der Waals surface area contributed by atoms with Crippen molar-refractivity contribution in [3.05, 3.63) is 33.8 Å². The molecule has 2 aliphatic rings. The lowest BCUT2D eigenvalue weighted by molar-refractivity contribution is 0.346. The summed E-state index contributed by atoms with van der Waals surface area (Å²) in [5.74, 6) is 0. The monoisotopic (exact) mass is 311 g/mol. The van der Waals surface area contributed by atoms with Crippen LogP contribution in [0.1, 0.15) is 56.9 Å². The van der Waals surface area contributed by atoms with Crippen LogP contribution < -0.4 is 5.32 Å². The van der Waals surface area contributed by atoms with E-state index in [1.165, 1.54) is 56.9 Å². The molecule has 110 valence electrons. The molecule has 0 amide bonds. The largest absolute Gasteiger partial charge is 0.313 e.